The average molecular weight is 520 g/mol. The van der Waals surface area contributed by atoms with Crippen LogP contribution < -0.4 is 5.32 Å². The lowest BCUT2D eigenvalue weighted by Gasteiger charge is -2.29. The molecule has 0 bridgehead atoms. The smallest absolute Gasteiger partial charge is 0.269 e. The second kappa shape index (κ2) is 11.2. The molecule has 0 radical (unpaired) electrons. The first kappa shape index (κ1) is 26.7. The third-order valence-corrected chi connectivity index (χ3v) is 7.87. The van der Waals surface area contributed by atoms with Crippen molar-refractivity contribution in [3.05, 3.63) is 64.7 Å². The fourth-order valence-corrected chi connectivity index (χ4v) is 5.52. The molecule has 8 nitrogen and oxygen atoms in total. The molecule has 188 valence electrons. The zero-order chi connectivity index (χ0) is 25.8. The van der Waals surface area contributed by atoms with Gasteiger partial charge in [-0.1, -0.05) is 49.7 Å². The van der Waals surface area contributed by atoms with E-state index < -0.39 is 22.0 Å². The molecule has 0 spiro atoms. The number of benzene rings is 2. The van der Waals surface area contributed by atoms with Crippen molar-refractivity contribution in [1.29, 1.82) is 0 Å². The highest BCUT2D eigenvalue weighted by Crippen LogP contribution is 2.30. The predicted molar refractivity (Wildman–Crippen MR) is 133 cm³/mol. The molecular weight excluding hydrogens is 490 g/mol. The first-order valence-corrected chi connectivity index (χ1v) is 13.3. The Kier molecular flexibility index (Phi) is 8.56. The van der Waals surface area contributed by atoms with Gasteiger partial charge in [0, 0.05) is 31.1 Å². The van der Waals surface area contributed by atoms with Gasteiger partial charge in [-0.25, -0.2) is 12.7 Å². The number of sulfonamides is 1. The Labute approximate surface area is 211 Å². The monoisotopic (exact) mass is 519 g/mol. The van der Waals surface area contributed by atoms with Crippen LogP contribution in [0.5, 0.6) is 0 Å². The number of hydrogen-bond acceptors (Lipinski definition) is 5. The Bertz CT molecular complexity index is 1200. The summed E-state index contributed by atoms with van der Waals surface area (Å²) >= 11 is 5.97. The van der Waals surface area contributed by atoms with Gasteiger partial charge in [0.25, 0.3) is 15.9 Å². The Hall–Kier alpha value is -2.91. The highest BCUT2D eigenvalue weighted by atomic mass is 35.5. The molecule has 0 aromatic heterocycles. The molecule has 1 aliphatic heterocycles. The summed E-state index contributed by atoms with van der Waals surface area (Å²) in [5.74, 6) is -0.911. The zero-order valence-corrected chi connectivity index (χ0v) is 21.6. The van der Waals surface area contributed by atoms with E-state index in [0.717, 1.165) is 9.87 Å². The van der Waals surface area contributed by atoms with E-state index in [4.69, 9.17) is 11.6 Å². The highest BCUT2D eigenvalue weighted by Gasteiger charge is 2.40. The second-order valence-electron chi connectivity index (χ2n) is 8.95. The lowest BCUT2D eigenvalue weighted by atomic mass is 10.1. The van der Waals surface area contributed by atoms with Crippen LogP contribution in [0.15, 0.2) is 53.4 Å². The van der Waals surface area contributed by atoms with Gasteiger partial charge < -0.3 is 10.2 Å². The van der Waals surface area contributed by atoms with Gasteiger partial charge in [-0.15, -0.1) is 0 Å². The molecule has 1 atom stereocenters. The molecule has 2 aromatic rings. The molecule has 0 fully saturated rings. The minimum atomic E-state index is -3.93. The van der Waals surface area contributed by atoms with Crippen molar-refractivity contribution in [2.45, 2.75) is 51.1 Å². The SMILES string of the molecule is CC(C)CNC(=O)[C@@H](C)N(Cc1ccc(Cl)cc1)C(=O)CCCN1C(=O)c2ccccc2S1(=O)=O. The van der Waals surface area contributed by atoms with E-state index in [1.54, 1.807) is 43.3 Å². The van der Waals surface area contributed by atoms with Crippen LogP contribution in [0.2, 0.25) is 5.02 Å². The van der Waals surface area contributed by atoms with Crippen molar-refractivity contribution >= 4 is 39.3 Å². The maximum atomic E-state index is 13.2. The molecule has 35 heavy (non-hydrogen) atoms. The molecule has 2 aromatic carbocycles. The van der Waals surface area contributed by atoms with Gasteiger partial charge in [-0.05, 0) is 49.1 Å². The number of carbonyl (C=O) groups is 3. The molecule has 0 saturated carbocycles. The second-order valence-corrected chi connectivity index (χ2v) is 11.2. The van der Waals surface area contributed by atoms with Gasteiger partial charge in [-0.3, -0.25) is 14.4 Å². The number of hydrogen-bond donors (Lipinski definition) is 1. The molecule has 10 heteroatoms. The summed E-state index contributed by atoms with van der Waals surface area (Å²) in [4.78, 5) is 40.0. The highest BCUT2D eigenvalue weighted by molar-refractivity contribution is 7.90. The topological polar surface area (TPSA) is 104 Å². The fraction of sp³-hybridized carbons (Fsp3) is 0.400. The van der Waals surface area contributed by atoms with Crippen LogP contribution in [0.3, 0.4) is 0 Å². The van der Waals surface area contributed by atoms with E-state index in [2.05, 4.69) is 5.32 Å². The third kappa shape index (κ3) is 6.21. The standard InChI is InChI=1S/C25H30ClN3O5S/c1-17(2)15-27-24(31)18(3)28(16-19-10-12-20(26)13-11-19)23(30)9-6-14-29-25(32)21-7-4-5-8-22(21)35(29,33)34/h4-5,7-8,10-13,17-18H,6,9,14-16H2,1-3H3,(H,27,31)/t18-/m1/s1. The first-order valence-electron chi connectivity index (χ1n) is 11.5. The van der Waals surface area contributed by atoms with Gasteiger partial charge in [0.2, 0.25) is 11.8 Å². The van der Waals surface area contributed by atoms with Gasteiger partial charge >= 0.3 is 0 Å². The summed E-state index contributed by atoms with van der Waals surface area (Å²) in [7, 11) is -3.93. The molecule has 3 amide bonds. The van der Waals surface area contributed by atoms with E-state index in [0.29, 0.717) is 11.6 Å². The first-order chi connectivity index (χ1) is 16.5. The number of carbonyl (C=O) groups excluding carboxylic acids is 3. The molecule has 1 N–H and O–H groups in total. The summed E-state index contributed by atoms with van der Waals surface area (Å²) in [6, 6.07) is 12.3. The van der Waals surface area contributed by atoms with E-state index in [1.807, 2.05) is 13.8 Å². The van der Waals surface area contributed by atoms with E-state index >= 15 is 0 Å². The number of halogens is 1. The maximum absolute atomic E-state index is 13.2. The number of amides is 3. The minimum Gasteiger partial charge on any atom is -0.354 e. The van der Waals surface area contributed by atoms with Crippen molar-refractivity contribution < 1.29 is 22.8 Å². The molecular formula is C25H30ClN3O5S. The van der Waals surface area contributed by atoms with Crippen molar-refractivity contribution in [2.24, 2.45) is 5.92 Å². The van der Waals surface area contributed by atoms with Gasteiger partial charge in [0.05, 0.1) is 5.56 Å². The van der Waals surface area contributed by atoms with Crippen LogP contribution in [0.25, 0.3) is 0 Å². The van der Waals surface area contributed by atoms with Crippen LogP contribution in [-0.4, -0.2) is 54.5 Å². The largest absolute Gasteiger partial charge is 0.354 e. The van der Waals surface area contributed by atoms with Crippen molar-refractivity contribution in [3.8, 4) is 0 Å². The Morgan fingerprint density at radius 1 is 1.06 bits per heavy atom. The van der Waals surface area contributed by atoms with Crippen molar-refractivity contribution in [1.82, 2.24) is 14.5 Å². The number of rotatable bonds is 10. The van der Waals surface area contributed by atoms with Crippen LogP contribution in [0.4, 0.5) is 0 Å². The zero-order valence-electron chi connectivity index (χ0n) is 20.0. The molecule has 0 aliphatic carbocycles. The van der Waals surface area contributed by atoms with Crippen molar-refractivity contribution in [2.75, 3.05) is 13.1 Å². The molecule has 0 saturated heterocycles. The quantitative estimate of drug-likeness (QED) is 0.517. The Morgan fingerprint density at radius 3 is 2.34 bits per heavy atom. The lowest BCUT2D eigenvalue weighted by Crippen LogP contribution is -2.48. The number of nitrogens with one attached hydrogen (secondary N) is 1. The van der Waals surface area contributed by atoms with Crippen LogP contribution in [-0.2, 0) is 26.2 Å². The maximum Gasteiger partial charge on any atom is 0.269 e. The fourth-order valence-electron chi connectivity index (χ4n) is 3.79. The van der Waals surface area contributed by atoms with E-state index in [1.165, 1.54) is 17.0 Å². The third-order valence-electron chi connectivity index (χ3n) is 5.78. The Morgan fingerprint density at radius 2 is 1.71 bits per heavy atom. The summed E-state index contributed by atoms with van der Waals surface area (Å²) in [5.41, 5.74) is 0.942. The van der Waals surface area contributed by atoms with E-state index in [9.17, 15) is 22.8 Å². The van der Waals surface area contributed by atoms with E-state index in [-0.39, 0.29) is 54.1 Å². The summed E-state index contributed by atoms with van der Waals surface area (Å²) in [5, 5.41) is 3.42. The molecule has 1 heterocycles. The predicted octanol–water partition coefficient (Wildman–Crippen LogP) is 3.45. The number of nitrogens with zero attached hydrogens (tertiary/aromatic N) is 2. The molecule has 0 unspecified atom stereocenters. The average Bonchev–Trinajstić information content (AvgIpc) is 3.02. The Balaban J connectivity index is 1.69. The van der Waals surface area contributed by atoms with Crippen LogP contribution >= 0.6 is 11.6 Å². The van der Waals surface area contributed by atoms with Gasteiger partial charge in [-0.2, -0.15) is 0 Å². The lowest BCUT2D eigenvalue weighted by molar-refractivity contribution is -0.140. The minimum absolute atomic E-state index is 0.0175. The number of fused-ring (bicyclic) bond motifs is 1. The summed E-state index contributed by atoms with van der Waals surface area (Å²) < 4.78 is 26.3. The van der Waals surface area contributed by atoms with Crippen LogP contribution in [0.1, 0.15) is 49.5 Å². The van der Waals surface area contributed by atoms with Gasteiger partial charge in [0.15, 0.2) is 0 Å². The van der Waals surface area contributed by atoms with Crippen molar-refractivity contribution in [3.63, 3.8) is 0 Å². The summed E-state index contributed by atoms with van der Waals surface area (Å²) in [6.45, 7) is 6.18. The normalized spacial score (nSPS) is 15.1. The molecule has 1 aliphatic rings. The van der Waals surface area contributed by atoms with Gasteiger partial charge in [0.1, 0.15) is 10.9 Å². The summed E-state index contributed by atoms with van der Waals surface area (Å²) in [6.07, 6.45) is 0.111. The van der Waals surface area contributed by atoms with Crippen LogP contribution in [0, 0.1) is 5.92 Å². The molecule has 3 rings (SSSR count).